The normalized spacial score (nSPS) is 11.5. The van der Waals surface area contributed by atoms with Gasteiger partial charge in [-0.3, -0.25) is 0 Å². The molecule has 0 spiro atoms. The van der Waals surface area contributed by atoms with E-state index in [-0.39, 0.29) is 5.60 Å². The van der Waals surface area contributed by atoms with Crippen LogP contribution in [-0.2, 0) is 4.74 Å². The van der Waals surface area contributed by atoms with Crippen molar-refractivity contribution < 1.29 is 9.47 Å². The van der Waals surface area contributed by atoms with Gasteiger partial charge in [-0.15, -0.1) is 0 Å². The summed E-state index contributed by atoms with van der Waals surface area (Å²) in [6.45, 7) is 4.57. The molecule has 0 aromatic heterocycles. The summed E-state index contributed by atoms with van der Waals surface area (Å²) in [7, 11) is 1.69. The number of nitrogen functional groups attached to an aromatic ring is 1. The van der Waals surface area contributed by atoms with Crippen molar-refractivity contribution in [1.29, 1.82) is 0 Å². The molecule has 16 heavy (non-hydrogen) atoms. The van der Waals surface area contributed by atoms with Crippen molar-refractivity contribution in [1.82, 2.24) is 0 Å². The number of halogens is 1. The molecule has 0 fully saturated rings. The Kier molecular flexibility index (Phi) is 4.44. The van der Waals surface area contributed by atoms with E-state index < -0.39 is 0 Å². The first-order chi connectivity index (χ1) is 7.44. The summed E-state index contributed by atoms with van der Waals surface area (Å²) in [6, 6.07) is 5.20. The van der Waals surface area contributed by atoms with Crippen LogP contribution in [0.2, 0.25) is 5.02 Å². The van der Waals surface area contributed by atoms with Gasteiger partial charge in [0.25, 0.3) is 0 Å². The van der Waals surface area contributed by atoms with Crippen LogP contribution in [0.5, 0.6) is 5.75 Å². The van der Waals surface area contributed by atoms with E-state index in [1.807, 2.05) is 13.8 Å². The molecule has 1 aromatic rings. The van der Waals surface area contributed by atoms with Gasteiger partial charge in [0.2, 0.25) is 0 Å². The van der Waals surface area contributed by atoms with Gasteiger partial charge in [-0.1, -0.05) is 11.6 Å². The lowest BCUT2D eigenvalue weighted by Crippen LogP contribution is -2.25. The maximum absolute atomic E-state index is 5.97. The minimum absolute atomic E-state index is 0.188. The molecule has 0 atom stereocenters. The number of ether oxygens (including phenoxy) is 2. The molecule has 0 saturated carbocycles. The Labute approximate surface area is 101 Å². The zero-order valence-corrected chi connectivity index (χ0v) is 10.7. The lowest BCUT2D eigenvalue weighted by Gasteiger charge is -2.22. The topological polar surface area (TPSA) is 44.5 Å². The van der Waals surface area contributed by atoms with Crippen LogP contribution in [0.15, 0.2) is 18.2 Å². The number of benzene rings is 1. The molecule has 3 nitrogen and oxygen atoms in total. The molecule has 0 aliphatic carbocycles. The van der Waals surface area contributed by atoms with E-state index in [9.17, 15) is 0 Å². The molecule has 0 bridgehead atoms. The standard InChI is InChI=1S/C12H18ClNO2/c1-12(2,15-3)6-7-16-11-8-9(14)4-5-10(11)13/h4-5,8H,6-7,14H2,1-3H3. The molecule has 0 unspecified atom stereocenters. The van der Waals surface area contributed by atoms with Gasteiger partial charge in [-0.05, 0) is 26.0 Å². The van der Waals surface area contributed by atoms with E-state index in [1.165, 1.54) is 0 Å². The van der Waals surface area contributed by atoms with E-state index in [1.54, 1.807) is 25.3 Å². The van der Waals surface area contributed by atoms with Crippen LogP contribution in [0, 0.1) is 0 Å². The van der Waals surface area contributed by atoms with Gasteiger partial charge in [-0.25, -0.2) is 0 Å². The summed E-state index contributed by atoms with van der Waals surface area (Å²) in [5.41, 5.74) is 6.10. The van der Waals surface area contributed by atoms with Crippen molar-refractivity contribution in [2.75, 3.05) is 19.5 Å². The Bertz CT molecular complexity index is 353. The summed E-state index contributed by atoms with van der Waals surface area (Å²) < 4.78 is 10.9. The lowest BCUT2D eigenvalue weighted by molar-refractivity contribution is 0.00547. The van der Waals surface area contributed by atoms with Crippen LogP contribution < -0.4 is 10.5 Å². The van der Waals surface area contributed by atoms with Crippen LogP contribution >= 0.6 is 11.6 Å². The highest BCUT2D eigenvalue weighted by molar-refractivity contribution is 6.32. The van der Waals surface area contributed by atoms with Crippen molar-refractivity contribution in [3.05, 3.63) is 23.2 Å². The second-order valence-corrected chi connectivity index (χ2v) is 4.66. The Hall–Kier alpha value is -0.930. The van der Waals surface area contributed by atoms with Gasteiger partial charge >= 0.3 is 0 Å². The smallest absolute Gasteiger partial charge is 0.139 e. The molecule has 0 saturated heterocycles. The number of methoxy groups -OCH3 is 1. The zero-order chi connectivity index (χ0) is 12.2. The molecule has 1 aromatic carbocycles. The molecule has 0 aliphatic heterocycles. The summed E-state index contributed by atoms with van der Waals surface area (Å²) in [5.74, 6) is 0.619. The average molecular weight is 244 g/mol. The highest BCUT2D eigenvalue weighted by Gasteiger charge is 2.16. The molecule has 0 aliphatic rings. The van der Waals surface area contributed by atoms with Gasteiger partial charge in [0.05, 0.1) is 17.2 Å². The molecule has 1 rings (SSSR count). The number of anilines is 1. The van der Waals surface area contributed by atoms with Crippen LogP contribution in [0.1, 0.15) is 20.3 Å². The number of nitrogens with two attached hydrogens (primary N) is 1. The predicted octanol–water partition coefficient (Wildman–Crippen LogP) is 3.12. The van der Waals surface area contributed by atoms with Gasteiger partial charge in [0, 0.05) is 25.3 Å². The van der Waals surface area contributed by atoms with E-state index in [2.05, 4.69) is 0 Å². The van der Waals surface area contributed by atoms with Gasteiger partial charge in [0.1, 0.15) is 5.75 Å². The van der Waals surface area contributed by atoms with Crippen LogP contribution in [-0.4, -0.2) is 19.3 Å². The van der Waals surface area contributed by atoms with E-state index in [0.717, 1.165) is 6.42 Å². The predicted molar refractivity (Wildman–Crippen MR) is 67.1 cm³/mol. The number of hydrogen-bond donors (Lipinski definition) is 1. The summed E-state index contributed by atoms with van der Waals surface area (Å²) >= 11 is 5.97. The Morgan fingerprint density at radius 1 is 1.38 bits per heavy atom. The summed E-state index contributed by atoms with van der Waals surface area (Å²) in [6.07, 6.45) is 0.786. The fraction of sp³-hybridized carbons (Fsp3) is 0.500. The molecule has 0 heterocycles. The molecule has 2 N–H and O–H groups in total. The first-order valence-electron chi connectivity index (χ1n) is 5.17. The monoisotopic (exact) mass is 243 g/mol. The van der Waals surface area contributed by atoms with Crippen LogP contribution in [0.4, 0.5) is 5.69 Å². The highest BCUT2D eigenvalue weighted by Crippen LogP contribution is 2.27. The third-order valence-corrected chi connectivity index (χ3v) is 2.78. The van der Waals surface area contributed by atoms with E-state index in [4.69, 9.17) is 26.8 Å². The van der Waals surface area contributed by atoms with Crippen molar-refractivity contribution in [3.63, 3.8) is 0 Å². The molecular weight excluding hydrogens is 226 g/mol. The van der Waals surface area contributed by atoms with Crippen molar-refractivity contribution in [3.8, 4) is 5.75 Å². The van der Waals surface area contributed by atoms with Crippen molar-refractivity contribution in [2.45, 2.75) is 25.9 Å². The molecular formula is C12H18ClNO2. The van der Waals surface area contributed by atoms with E-state index >= 15 is 0 Å². The van der Waals surface area contributed by atoms with Crippen LogP contribution in [0.3, 0.4) is 0 Å². The van der Waals surface area contributed by atoms with Gasteiger partial charge in [0.15, 0.2) is 0 Å². The van der Waals surface area contributed by atoms with Crippen molar-refractivity contribution >= 4 is 17.3 Å². The third kappa shape index (κ3) is 3.91. The highest BCUT2D eigenvalue weighted by atomic mass is 35.5. The first-order valence-corrected chi connectivity index (χ1v) is 5.55. The number of rotatable bonds is 5. The fourth-order valence-electron chi connectivity index (χ4n) is 1.14. The largest absolute Gasteiger partial charge is 0.492 e. The average Bonchev–Trinajstić information content (AvgIpc) is 2.23. The van der Waals surface area contributed by atoms with Gasteiger partial charge in [-0.2, -0.15) is 0 Å². The van der Waals surface area contributed by atoms with E-state index in [0.29, 0.717) is 23.1 Å². The Morgan fingerprint density at radius 2 is 2.06 bits per heavy atom. The molecule has 4 heteroatoms. The quantitative estimate of drug-likeness (QED) is 0.809. The minimum atomic E-state index is -0.188. The van der Waals surface area contributed by atoms with Crippen LogP contribution in [0.25, 0.3) is 0 Å². The number of hydrogen-bond acceptors (Lipinski definition) is 3. The lowest BCUT2D eigenvalue weighted by atomic mass is 10.1. The summed E-state index contributed by atoms with van der Waals surface area (Å²) in [5, 5.41) is 0.574. The summed E-state index contributed by atoms with van der Waals surface area (Å²) in [4.78, 5) is 0. The molecule has 0 radical (unpaired) electrons. The van der Waals surface area contributed by atoms with Gasteiger partial charge < -0.3 is 15.2 Å². The Balaban J connectivity index is 2.52. The molecule has 0 amide bonds. The molecule has 90 valence electrons. The minimum Gasteiger partial charge on any atom is -0.492 e. The maximum Gasteiger partial charge on any atom is 0.139 e. The zero-order valence-electron chi connectivity index (χ0n) is 9.92. The Morgan fingerprint density at radius 3 is 2.69 bits per heavy atom. The maximum atomic E-state index is 5.97. The second kappa shape index (κ2) is 5.41. The van der Waals surface area contributed by atoms with Crippen molar-refractivity contribution in [2.24, 2.45) is 0 Å². The third-order valence-electron chi connectivity index (χ3n) is 2.47. The fourth-order valence-corrected chi connectivity index (χ4v) is 1.31. The first kappa shape index (κ1) is 13.1. The second-order valence-electron chi connectivity index (χ2n) is 4.25. The SMILES string of the molecule is COC(C)(C)CCOc1cc(N)ccc1Cl.